The van der Waals surface area contributed by atoms with E-state index in [0.717, 1.165) is 13.1 Å². The molecular formula is C14H22N2. The molecule has 2 rings (SSSR count). The van der Waals surface area contributed by atoms with Crippen LogP contribution in [0.15, 0.2) is 18.2 Å². The van der Waals surface area contributed by atoms with Gasteiger partial charge in [0.15, 0.2) is 0 Å². The van der Waals surface area contributed by atoms with Crippen LogP contribution in [-0.2, 0) is 12.8 Å². The number of fused-ring (bicyclic) bond motifs is 1. The molecule has 1 aliphatic heterocycles. The van der Waals surface area contributed by atoms with Crippen LogP contribution in [0.1, 0.15) is 24.5 Å². The Morgan fingerprint density at radius 3 is 3.00 bits per heavy atom. The lowest BCUT2D eigenvalue weighted by molar-refractivity contribution is 0.724. The van der Waals surface area contributed by atoms with Gasteiger partial charge in [-0.15, -0.1) is 0 Å². The van der Waals surface area contributed by atoms with Gasteiger partial charge in [0.2, 0.25) is 0 Å². The van der Waals surface area contributed by atoms with Crippen LogP contribution < -0.4 is 10.2 Å². The third-order valence-corrected chi connectivity index (χ3v) is 3.42. The molecule has 0 saturated carbocycles. The van der Waals surface area contributed by atoms with E-state index in [1.165, 1.54) is 42.6 Å². The third-order valence-electron chi connectivity index (χ3n) is 3.42. The zero-order valence-electron chi connectivity index (χ0n) is 10.4. The van der Waals surface area contributed by atoms with E-state index in [1.807, 2.05) is 7.05 Å². The highest BCUT2D eigenvalue weighted by Crippen LogP contribution is 2.28. The van der Waals surface area contributed by atoms with Gasteiger partial charge in [0.1, 0.15) is 0 Å². The summed E-state index contributed by atoms with van der Waals surface area (Å²) in [5, 5.41) is 3.20. The Labute approximate surface area is 98.7 Å². The van der Waals surface area contributed by atoms with Crippen molar-refractivity contribution in [1.29, 1.82) is 0 Å². The smallest absolute Gasteiger partial charge is 0.0402 e. The van der Waals surface area contributed by atoms with Crippen molar-refractivity contribution < 1.29 is 0 Å². The van der Waals surface area contributed by atoms with Gasteiger partial charge in [-0.25, -0.2) is 0 Å². The number of nitrogens with one attached hydrogen (secondary N) is 1. The molecule has 0 unspecified atom stereocenters. The quantitative estimate of drug-likeness (QED) is 0.762. The lowest BCUT2D eigenvalue weighted by Gasteiger charge is -2.17. The Hall–Kier alpha value is -1.02. The largest absolute Gasteiger partial charge is 0.371 e. The molecule has 0 bridgehead atoms. The first-order valence-corrected chi connectivity index (χ1v) is 6.36. The van der Waals surface area contributed by atoms with E-state index in [1.54, 1.807) is 0 Å². The Morgan fingerprint density at radius 2 is 2.25 bits per heavy atom. The standard InChI is InChI=1S/C14H22N2/c1-3-16-10-8-13-7-6-12(11-14(13)16)5-4-9-15-2/h6-7,11,15H,3-5,8-10H2,1-2H3. The minimum absolute atomic E-state index is 1.11. The van der Waals surface area contributed by atoms with Crippen molar-refractivity contribution in [1.82, 2.24) is 5.32 Å². The van der Waals surface area contributed by atoms with Crippen molar-refractivity contribution in [3.63, 3.8) is 0 Å². The second kappa shape index (κ2) is 5.35. The van der Waals surface area contributed by atoms with E-state index in [4.69, 9.17) is 0 Å². The van der Waals surface area contributed by atoms with Crippen LogP contribution in [0.3, 0.4) is 0 Å². The number of likely N-dealkylation sites (N-methyl/N-ethyl adjacent to an activating group) is 1. The SMILES string of the molecule is CCN1CCc2ccc(CCCNC)cc21. The van der Waals surface area contributed by atoms with E-state index >= 15 is 0 Å². The van der Waals surface area contributed by atoms with Gasteiger partial charge in [-0.2, -0.15) is 0 Å². The van der Waals surface area contributed by atoms with Gasteiger partial charge < -0.3 is 10.2 Å². The molecule has 1 aliphatic rings. The molecule has 1 aromatic carbocycles. The zero-order valence-corrected chi connectivity index (χ0v) is 10.4. The van der Waals surface area contributed by atoms with Crippen LogP contribution in [0, 0.1) is 0 Å². The number of anilines is 1. The fourth-order valence-electron chi connectivity index (χ4n) is 2.44. The summed E-state index contributed by atoms with van der Waals surface area (Å²) in [4.78, 5) is 2.48. The Balaban J connectivity index is 2.06. The molecule has 1 N–H and O–H groups in total. The summed E-state index contributed by atoms with van der Waals surface area (Å²) in [7, 11) is 2.02. The van der Waals surface area contributed by atoms with Crippen LogP contribution in [0.25, 0.3) is 0 Å². The molecule has 0 aromatic heterocycles. The minimum atomic E-state index is 1.11. The second-order valence-corrected chi connectivity index (χ2v) is 4.50. The van der Waals surface area contributed by atoms with Gasteiger partial charge in [-0.1, -0.05) is 12.1 Å². The molecule has 0 saturated heterocycles. The van der Waals surface area contributed by atoms with Crippen molar-refractivity contribution in [2.45, 2.75) is 26.2 Å². The van der Waals surface area contributed by atoms with E-state index in [9.17, 15) is 0 Å². The van der Waals surface area contributed by atoms with Crippen molar-refractivity contribution in [3.8, 4) is 0 Å². The molecule has 1 aromatic rings. The van der Waals surface area contributed by atoms with E-state index in [2.05, 4.69) is 35.3 Å². The number of rotatable bonds is 5. The number of hydrogen-bond donors (Lipinski definition) is 1. The van der Waals surface area contributed by atoms with Gasteiger partial charge in [-0.05, 0) is 57.0 Å². The van der Waals surface area contributed by atoms with Crippen molar-refractivity contribution in [2.24, 2.45) is 0 Å². The van der Waals surface area contributed by atoms with E-state index < -0.39 is 0 Å². The second-order valence-electron chi connectivity index (χ2n) is 4.50. The van der Waals surface area contributed by atoms with Crippen molar-refractivity contribution >= 4 is 5.69 Å². The molecular weight excluding hydrogens is 196 g/mol. The molecule has 0 atom stereocenters. The summed E-state index contributed by atoms with van der Waals surface area (Å²) < 4.78 is 0. The summed E-state index contributed by atoms with van der Waals surface area (Å²) in [5.74, 6) is 0. The highest BCUT2D eigenvalue weighted by molar-refractivity contribution is 5.59. The van der Waals surface area contributed by atoms with Gasteiger partial charge in [-0.3, -0.25) is 0 Å². The van der Waals surface area contributed by atoms with Gasteiger partial charge in [0.05, 0.1) is 0 Å². The van der Waals surface area contributed by atoms with E-state index in [-0.39, 0.29) is 0 Å². The van der Waals surface area contributed by atoms with Crippen LogP contribution in [-0.4, -0.2) is 26.7 Å². The summed E-state index contributed by atoms with van der Waals surface area (Å²) >= 11 is 0. The molecule has 2 nitrogen and oxygen atoms in total. The summed E-state index contributed by atoms with van der Waals surface area (Å²) in [6.07, 6.45) is 3.63. The highest BCUT2D eigenvalue weighted by Gasteiger charge is 2.17. The molecule has 88 valence electrons. The topological polar surface area (TPSA) is 15.3 Å². The van der Waals surface area contributed by atoms with Crippen LogP contribution in [0.5, 0.6) is 0 Å². The van der Waals surface area contributed by atoms with Crippen molar-refractivity contribution in [3.05, 3.63) is 29.3 Å². The molecule has 0 aliphatic carbocycles. The van der Waals surface area contributed by atoms with Gasteiger partial charge >= 0.3 is 0 Å². The van der Waals surface area contributed by atoms with Crippen molar-refractivity contribution in [2.75, 3.05) is 31.6 Å². The summed E-state index contributed by atoms with van der Waals surface area (Å²) in [6.45, 7) is 5.68. The number of hydrogen-bond acceptors (Lipinski definition) is 2. The molecule has 16 heavy (non-hydrogen) atoms. The van der Waals surface area contributed by atoms with Crippen LogP contribution in [0.4, 0.5) is 5.69 Å². The average Bonchev–Trinajstić information content (AvgIpc) is 2.71. The lowest BCUT2D eigenvalue weighted by Crippen LogP contribution is -2.19. The number of benzene rings is 1. The predicted octanol–water partition coefficient (Wildman–Crippen LogP) is 2.22. The maximum Gasteiger partial charge on any atom is 0.0402 e. The first-order chi connectivity index (χ1) is 7.85. The maximum atomic E-state index is 3.20. The van der Waals surface area contributed by atoms with Crippen LogP contribution >= 0.6 is 0 Å². The first kappa shape index (κ1) is 11.5. The fraction of sp³-hybridized carbons (Fsp3) is 0.571. The first-order valence-electron chi connectivity index (χ1n) is 6.36. The molecule has 1 heterocycles. The van der Waals surface area contributed by atoms with Gasteiger partial charge in [0.25, 0.3) is 0 Å². The normalized spacial score (nSPS) is 14.2. The lowest BCUT2D eigenvalue weighted by atomic mass is 10.1. The fourth-order valence-corrected chi connectivity index (χ4v) is 2.44. The number of nitrogens with zero attached hydrogens (tertiary/aromatic N) is 1. The van der Waals surface area contributed by atoms with E-state index in [0.29, 0.717) is 0 Å². The zero-order chi connectivity index (χ0) is 11.4. The average molecular weight is 218 g/mol. The Bertz CT molecular complexity index is 347. The summed E-state index contributed by atoms with van der Waals surface area (Å²) in [5.41, 5.74) is 4.48. The Morgan fingerprint density at radius 1 is 1.38 bits per heavy atom. The highest BCUT2D eigenvalue weighted by atomic mass is 15.1. The molecule has 2 heteroatoms. The van der Waals surface area contributed by atoms with Crippen LogP contribution in [0.2, 0.25) is 0 Å². The predicted molar refractivity (Wildman–Crippen MR) is 70.3 cm³/mol. The maximum absolute atomic E-state index is 3.20. The Kier molecular flexibility index (Phi) is 3.83. The number of aryl methyl sites for hydroxylation is 1. The van der Waals surface area contributed by atoms with Gasteiger partial charge in [0, 0.05) is 18.8 Å². The molecule has 0 spiro atoms. The molecule has 0 amide bonds. The summed E-state index contributed by atoms with van der Waals surface area (Å²) in [6, 6.07) is 7.01. The monoisotopic (exact) mass is 218 g/mol. The minimum Gasteiger partial charge on any atom is -0.371 e. The molecule has 0 radical (unpaired) electrons. The molecule has 0 fully saturated rings. The third kappa shape index (κ3) is 2.38.